The number of rotatable bonds is 2. The molecule has 1 heterocycles. The van der Waals surface area contributed by atoms with Crippen LogP contribution in [-0.4, -0.2) is 17.2 Å². The number of nitrogens with zero attached hydrogens (tertiary/aromatic N) is 3. The van der Waals surface area contributed by atoms with Crippen LogP contribution in [0.2, 0.25) is 5.15 Å². The van der Waals surface area contributed by atoms with Gasteiger partial charge in [0.15, 0.2) is 0 Å². The van der Waals surface area contributed by atoms with E-state index >= 15 is 0 Å². The largest absolute Gasteiger partial charge is 0.369 e. The zero-order valence-electron chi connectivity index (χ0n) is 9.76. The van der Waals surface area contributed by atoms with Gasteiger partial charge in [-0.3, -0.25) is 0 Å². The first-order valence-electron chi connectivity index (χ1n) is 5.25. The first-order valence-corrected chi connectivity index (χ1v) is 5.63. The summed E-state index contributed by atoms with van der Waals surface area (Å²) in [5, 5.41) is 8.57. The lowest BCUT2D eigenvalue weighted by molar-refractivity contribution is 1.21. The van der Waals surface area contributed by atoms with Crippen molar-refractivity contribution >= 4 is 34.7 Å². The highest BCUT2D eigenvalue weighted by atomic mass is 35.5. The summed E-state index contributed by atoms with van der Waals surface area (Å²) in [4.78, 5) is 4.30. The van der Waals surface area contributed by atoms with Gasteiger partial charge in [-0.05, 0) is 24.6 Å². The fraction of sp³-hybridized carbons (Fsp3) is 0.0833. The molecule has 1 aromatic heterocycles. The summed E-state index contributed by atoms with van der Waals surface area (Å²) in [6.45, 7) is 2.00. The monoisotopic (exact) mass is 261 g/mol. The van der Waals surface area contributed by atoms with E-state index in [0.717, 1.165) is 16.5 Å². The second-order valence-corrected chi connectivity index (χ2v) is 4.19. The molecule has 0 spiro atoms. The van der Waals surface area contributed by atoms with Crippen LogP contribution in [0.15, 0.2) is 34.5 Å². The van der Waals surface area contributed by atoms with E-state index in [9.17, 15) is 0 Å². The van der Waals surface area contributed by atoms with Crippen molar-refractivity contribution in [3.05, 3.63) is 40.5 Å². The molecule has 0 bridgehead atoms. The molecule has 0 atom stereocenters. The van der Waals surface area contributed by atoms with Gasteiger partial charge in [-0.2, -0.15) is 5.10 Å². The highest BCUT2D eigenvalue weighted by molar-refractivity contribution is 6.32. The second-order valence-electron chi connectivity index (χ2n) is 3.83. The SMILES string of the molecule is Cc1ccc2cc(/C=N\N=C(N)N)c(Cl)nc2c1. The molecule has 4 N–H and O–H groups in total. The number of pyridine rings is 1. The van der Waals surface area contributed by atoms with E-state index in [1.165, 1.54) is 6.21 Å². The molecule has 6 heteroatoms. The fourth-order valence-electron chi connectivity index (χ4n) is 1.52. The average molecular weight is 262 g/mol. The Balaban J connectivity index is 2.46. The quantitative estimate of drug-likeness (QED) is 0.374. The number of guanidine groups is 1. The lowest BCUT2D eigenvalue weighted by Gasteiger charge is -2.02. The van der Waals surface area contributed by atoms with Crippen molar-refractivity contribution in [1.82, 2.24) is 4.98 Å². The fourth-order valence-corrected chi connectivity index (χ4v) is 1.71. The third-order valence-corrected chi connectivity index (χ3v) is 2.63. The summed E-state index contributed by atoms with van der Waals surface area (Å²) < 4.78 is 0. The molecule has 18 heavy (non-hydrogen) atoms. The molecule has 0 aliphatic heterocycles. The molecular formula is C12H12ClN5. The molecule has 0 amide bonds. The molecule has 0 aliphatic rings. The number of halogens is 1. The Hall–Kier alpha value is -2.14. The van der Waals surface area contributed by atoms with Gasteiger partial charge in [0.05, 0.1) is 11.7 Å². The number of hydrogen-bond acceptors (Lipinski definition) is 3. The van der Waals surface area contributed by atoms with E-state index in [1.54, 1.807) is 0 Å². The first kappa shape index (κ1) is 12.3. The summed E-state index contributed by atoms with van der Waals surface area (Å²) in [6.07, 6.45) is 1.47. The summed E-state index contributed by atoms with van der Waals surface area (Å²) >= 11 is 6.06. The standard InChI is InChI=1S/C12H12ClN5/c1-7-2-3-8-5-9(6-16-18-12(14)15)11(13)17-10(8)4-7/h2-6H,1H3,(H4,14,15,18)/b16-6-. The summed E-state index contributed by atoms with van der Waals surface area (Å²) in [6, 6.07) is 7.84. The van der Waals surface area contributed by atoms with E-state index in [4.69, 9.17) is 23.1 Å². The number of fused-ring (bicyclic) bond motifs is 1. The minimum absolute atomic E-state index is 0.105. The predicted octanol–water partition coefficient (Wildman–Crippen LogP) is 1.80. The van der Waals surface area contributed by atoms with Crippen LogP contribution in [0.1, 0.15) is 11.1 Å². The minimum atomic E-state index is -0.105. The van der Waals surface area contributed by atoms with Gasteiger partial charge in [-0.15, -0.1) is 5.10 Å². The first-order chi connectivity index (χ1) is 8.56. The highest BCUT2D eigenvalue weighted by Gasteiger charge is 2.03. The molecule has 5 nitrogen and oxygen atoms in total. The van der Waals surface area contributed by atoms with Crippen molar-refractivity contribution in [2.45, 2.75) is 6.92 Å². The lowest BCUT2D eigenvalue weighted by Crippen LogP contribution is -2.21. The van der Waals surface area contributed by atoms with Crippen LogP contribution in [0.4, 0.5) is 0 Å². The zero-order valence-corrected chi connectivity index (χ0v) is 10.5. The smallest absolute Gasteiger partial charge is 0.211 e. The Kier molecular flexibility index (Phi) is 3.43. The van der Waals surface area contributed by atoms with Gasteiger partial charge in [0.2, 0.25) is 5.96 Å². The molecule has 0 saturated carbocycles. The van der Waals surface area contributed by atoms with Crippen LogP contribution < -0.4 is 11.5 Å². The van der Waals surface area contributed by atoms with Crippen LogP contribution >= 0.6 is 11.6 Å². The topological polar surface area (TPSA) is 89.6 Å². The Morgan fingerprint density at radius 3 is 2.83 bits per heavy atom. The molecule has 0 saturated heterocycles. The normalized spacial score (nSPS) is 11.0. The van der Waals surface area contributed by atoms with Crippen molar-refractivity contribution in [2.75, 3.05) is 0 Å². The third-order valence-electron chi connectivity index (χ3n) is 2.32. The number of benzene rings is 1. The number of hydrogen-bond donors (Lipinski definition) is 2. The Bertz CT molecular complexity index is 644. The third kappa shape index (κ3) is 2.75. The summed E-state index contributed by atoms with van der Waals surface area (Å²) in [7, 11) is 0. The van der Waals surface area contributed by atoms with Crippen molar-refractivity contribution < 1.29 is 0 Å². The van der Waals surface area contributed by atoms with Gasteiger partial charge < -0.3 is 11.5 Å². The van der Waals surface area contributed by atoms with Crippen LogP contribution in [0.5, 0.6) is 0 Å². The average Bonchev–Trinajstić information content (AvgIpc) is 2.29. The van der Waals surface area contributed by atoms with Gasteiger partial charge in [-0.1, -0.05) is 23.7 Å². The van der Waals surface area contributed by atoms with Gasteiger partial charge in [0, 0.05) is 10.9 Å². The molecule has 0 radical (unpaired) electrons. The van der Waals surface area contributed by atoms with Crippen LogP contribution in [0.3, 0.4) is 0 Å². The molecular weight excluding hydrogens is 250 g/mol. The maximum Gasteiger partial charge on any atom is 0.211 e. The molecule has 0 aliphatic carbocycles. The molecule has 92 valence electrons. The van der Waals surface area contributed by atoms with Crippen LogP contribution in [-0.2, 0) is 0 Å². The van der Waals surface area contributed by atoms with Crippen molar-refractivity contribution in [1.29, 1.82) is 0 Å². The molecule has 2 aromatic rings. The van der Waals surface area contributed by atoms with E-state index in [1.807, 2.05) is 31.2 Å². The van der Waals surface area contributed by atoms with E-state index in [0.29, 0.717) is 10.7 Å². The van der Waals surface area contributed by atoms with Crippen molar-refractivity contribution in [3.63, 3.8) is 0 Å². The van der Waals surface area contributed by atoms with E-state index in [-0.39, 0.29) is 5.96 Å². The summed E-state index contributed by atoms with van der Waals surface area (Å²) in [5.74, 6) is -0.105. The zero-order chi connectivity index (χ0) is 13.1. The van der Waals surface area contributed by atoms with Gasteiger partial charge in [-0.25, -0.2) is 4.98 Å². The highest BCUT2D eigenvalue weighted by Crippen LogP contribution is 2.20. The predicted molar refractivity (Wildman–Crippen MR) is 74.9 cm³/mol. The van der Waals surface area contributed by atoms with Crippen LogP contribution in [0, 0.1) is 6.92 Å². The van der Waals surface area contributed by atoms with Crippen molar-refractivity contribution in [3.8, 4) is 0 Å². The Labute approximate surface area is 109 Å². The molecule has 0 fully saturated rings. The summed E-state index contributed by atoms with van der Waals surface area (Å²) in [5.41, 5.74) is 13.0. The maximum absolute atomic E-state index is 6.06. The van der Waals surface area contributed by atoms with E-state index < -0.39 is 0 Å². The molecule has 1 aromatic carbocycles. The Morgan fingerprint density at radius 2 is 2.11 bits per heavy atom. The molecule has 2 rings (SSSR count). The Morgan fingerprint density at radius 1 is 1.33 bits per heavy atom. The lowest BCUT2D eigenvalue weighted by atomic mass is 10.1. The molecule has 0 unspecified atom stereocenters. The van der Waals surface area contributed by atoms with Crippen molar-refractivity contribution in [2.24, 2.45) is 21.7 Å². The maximum atomic E-state index is 6.06. The van der Waals surface area contributed by atoms with Gasteiger partial charge in [0.25, 0.3) is 0 Å². The minimum Gasteiger partial charge on any atom is -0.369 e. The van der Waals surface area contributed by atoms with Gasteiger partial charge in [0.1, 0.15) is 5.15 Å². The van der Waals surface area contributed by atoms with Crippen LogP contribution in [0.25, 0.3) is 10.9 Å². The van der Waals surface area contributed by atoms with E-state index in [2.05, 4.69) is 15.2 Å². The van der Waals surface area contributed by atoms with Gasteiger partial charge >= 0.3 is 0 Å². The number of aryl methyl sites for hydroxylation is 1. The number of aromatic nitrogens is 1. The number of nitrogens with two attached hydrogens (primary N) is 2. The second kappa shape index (κ2) is 5.01.